The van der Waals surface area contributed by atoms with Crippen molar-refractivity contribution in [3.8, 4) is 0 Å². The molecule has 1 rings (SSSR count). The van der Waals surface area contributed by atoms with Crippen LogP contribution < -0.4 is 0 Å². The molecule has 1 heterocycles. The van der Waals surface area contributed by atoms with Crippen molar-refractivity contribution in [3.63, 3.8) is 0 Å². The summed E-state index contributed by atoms with van der Waals surface area (Å²) in [4.78, 5) is 37.0. The largest absolute Gasteiger partial charge is 0.479 e. The summed E-state index contributed by atoms with van der Waals surface area (Å²) >= 11 is 0. The van der Waals surface area contributed by atoms with E-state index in [-0.39, 0.29) is 19.4 Å². The van der Waals surface area contributed by atoms with Crippen LogP contribution in [0.4, 0.5) is 0 Å². The number of carbonyl (C=O) groups excluding carboxylic acids is 2. The smallest absolute Gasteiger partial charge is 0.335 e. The highest BCUT2D eigenvalue weighted by atomic mass is 16.7. The lowest BCUT2D eigenvalue weighted by Gasteiger charge is -2.38. The fourth-order valence-corrected chi connectivity index (χ4v) is 7.49. The summed E-state index contributed by atoms with van der Waals surface area (Å²) in [5, 5.41) is 40.0. The van der Waals surface area contributed by atoms with Gasteiger partial charge in [-0.3, -0.25) is 9.59 Å². The Kier molecular flexibility index (Phi) is 40.6. The van der Waals surface area contributed by atoms with Gasteiger partial charge in [-0.25, -0.2) is 4.79 Å². The average molecular weight is 929 g/mol. The standard InChI is InChI=1S/C55H92O11/c1-3-5-7-9-11-13-15-17-19-21-22-23-24-25-26-28-30-32-34-36-38-40-42-44-49(57)65-47(46-64-55-52(60)50(58)51(59)53(66-55)54(61)62)45-63-48(56)43-41-39-37-35-33-31-29-27-20-18-16-14-12-10-8-6-4-2/h6,8,12,14-15,17-18,20-22,29,31,47,50-53,55,58-60H,3-5,7,9-11,13,16,19,23-28,30,32-46H2,1-2H3,(H,61,62)/b8-6-,14-12-,17-15-,20-18-,22-21-,31-29-. The van der Waals surface area contributed by atoms with Crippen molar-refractivity contribution in [2.75, 3.05) is 13.2 Å². The quantitative estimate of drug-likeness (QED) is 0.0261. The molecule has 0 radical (unpaired) electrons. The molecule has 1 saturated heterocycles. The Morgan fingerprint density at radius 2 is 0.894 bits per heavy atom. The van der Waals surface area contributed by atoms with Crippen LogP contribution in [-0.2, 0) is 33.3 Å². The lowest BCUT2D eigenvalue weighted by Crippen LogP contribution is -2.60. The van der Waals surface area contributed by atoms with Crippen LogP contribution in [-0.4, -0.2) is 88.4 Å². The van der Waals surface area contributed by atoms with Crippen LogP contribution >= 0.6 is 0 Å². The molecular formula is C55H92O11. The number of rotatable bonds is 43. The maximum Gasteiger partial charge on any atom is 0.335 e. The fourth-order valence-electron chi connectivity index (χ4n) is 7.49. The predicted octanol–water partition coefficient (Wildman–Crippen LogP) is 12.4. The number of hydrogen-bond donors (Lipinski definition) is 4. The highest BCUT2D eigenvalue weighted by Gasteiger charge is 2.47. The van der Waals surface area contributed by atoms with Crippen LogP contribution in [0, 0.1) is 0 Å². The number of aliphatic hydroxyl groups is 3. The number of ether oxygens (including phenoxy) is 4. The molecule has 0 aliphatic carbocycles. The number of hydrogen-bond acceptors (Lipinski definition) is 10. The van der Waals surface area contributed by atoms with Crippen LogP contribution in [0.15, 0.2) is 72.9 Å². The van der Waals surface area contributed by atoms with Gasteiger partial charge in [0.25, 0.3) is 0 Å². The number of esters is 2. The number of carbonyl (C=O) groups is 3. The number of unbranched alkanes of at least 4 members (excludes halogenated alkanes) is 20. The monoisotopic (exact) mass is 929 g/mol. The Bertz CT molecular complexity index is 1370. The minimum atomic E-state index is -1.87. The predicted molar refractivity (Wildman–Crippen MR) is 266 cm³/mol. The van der Waals surface area contributed by atoms with Gasteiger partial charge in [0.1, 0.15) is 24.9 Å². The van der Waals surface area contributed by atoms with Crippen LogP contribution in [0.3, 0.4) is 0 Å². The number of aliphatic hydroxyl groups excluding tert-OH is 3. The number of carboxylic acid groups (broad SMARTS) is 1. The Morgan fingerprint density at radius 3 is 1.35 bits per heavy atom. The van der Waals surface area contributed by atoms with E-state index in [9.17, 15) is 34.8 Å². The molecule has 0 spiro atoms. The first-order valence-electron chi connectivity index (χ1n) is 26.0. The molecule has 66 heavy (non-hydrogen) atoms. The maximum absolute atomic E-state index is 12.8. The van der Waals surface area contributed by atoms with E-state index in [4.69, 9.17) is 18.9 Å². The van der Waals surface area contributed by atoms with E-state index >= 15 is 0 Å². The van der Waals surface area contributed by atoms with Crippen LogP contribution in [0.5, 0.6) is 0 Å². The van der Waals surface area contributed by atoms with Crippen molar-refractivity contribution < 1.29 is 53.8 Å². The summed E-state index contributed by atoms with van der Waals surface area (Å²) < 4.78 is 21.8. The SMILES string of the molecule is CC/C=C\C/C=C\C/C=C\C/C=C\CCCCCCC(=O)OCC(COC1OC(C(=O)O)C(O)C(O)C1O)OC(=O)CCCCCCCCCCCCC/C=C\C/C=C\CCCCCCC. The minimum Gasteiger partial charge on any atom is -0.479 e. The van der Waals surface area contributed by atoms with Crippen LogP contribution in [0.1, 0.15) is 206 Å². The van der Waals surface area contributed by atoms with E-state index < -0.39 is 61.3 Å². The van der Waals surface area contributed by atoms with Gasteiger partial charge in [0.05, 0.1) is 6.61 Å². The lowest BCUT2D eigenvalue weighted by atomic mass is 9.99. The van der Waals surface area contributed by atoms with E-state index in [2.05, 4.69) is 86.8 Å². The first-order valence-corrected chi connectivity index (χ1v) is 26.0. The molecule has 0 aromatic carbocycles. The third-order valence-electron chi connectivity index (χ3n) is 11.5. The molecular weight excluding hydrogens is 837 g/mol. The van der Waals surface area contributed by atoms with Crippen molar-refractivity contribution in [1.82, 2.24) is 0 Å². The summed E-state index contributed by atoms with van der Waals surface area (Å²) in [5.41, 5.74) is 0. The van der Waals surface area contributed by atoms with Gasteiger partial charge in [-0.2, -0.15) is 0 Å². The van der Waals surface area contributed by atoms with E-state index in [1.807, 2.05) is 0 Å². The number of carboxylic acids is 1. The van der Waals surface area contributed by atoms with Gasteiger partial charge in [0.15, 0.2) is 18.5 Å². The molecule has 0 amide bonds. The third-order valence-corrected chi connectivity index (χ3v) is 11.5. The molecule has 378 valence electrons. The van der Waals surface area contributed by atoms with Crippen molar-refractivity contribution in [3.05, 3.63) is 72.9 Å². The molecule has 1 fully saturated rings. The maximum atomic E-state index is 12.8. The Balaban J connectivity index is 2.31. The molecule has 11 nitrogen and oxygen atoms in total. The summed E-state index contributed by atoms with van der Waals surface area (Å²) in [7, 11) is 0. The van der Waals surface area contributed by atoms with Gasteiger partial charge < -0.3 is 39.4 Å². The van der Waals surface area contributed by atoms with E-state index in [1.54, 1.807) is 0 Å². The molecule has 0 bridgehead atoms. The fraction of sp³-hybridized carbons (Fsp3) is 0.727. The molecule has 0 aromatic heterocycles. The molecule has 0 aromatic rings. The summed E-state index contributed by atoms with van der Waals surface area (Å²) in [5.74, 6) is -2.48. The van der Waals surface area contributed by atoms with Gasteiger partial charge in [0.2, 0.25) is 0 Å². The zero-order valence-corrected chi connectivity index (χ0v) is 41.2. The number of aliphatic carboxylic acids is 1. The Labute approximate surface area is 399 Å². The van der Waals surface area contributed by atoms with Crippen molar-refractivity contribution >= 4 is 17.9 Å². The van der Waals surface area contributed by atoms with Gasteiger partial charge >= 0.3 is 17.9 Å². The Hall–Kier alpha value is -3.35. The normalized spacial score (nSPS) is 19.7. The zero-order valence-electron chi connectivity index (χ0n) is 41.2. The van der Waals surface area contributed by atoms with E-state index in [0.29, 0.717) is 12.8 Å². The van der Waals surface area contributed by atoms with Crippen molar-refractivity contribution in [1.29, 1.82) is 0 Å². The zero-order chi connectivity index (χ0) is 48.1. The second-order valence-corrected chi connectivity index (χ2v) is 17.6. The molecule has 0 saturated carbocycles. The summed E-state index contributed by atoms with van der Waals surface area (Å²) in [6.07, 6.45) is 48.0. The average Bonchev–Trinajstić information content (AvgIpc) is 3.30. The first-order chi connectivity index (χ1) is 32.2. The minimum absolute atomic E-state index is 0.172. The summed E-state index contributed by atoms with van der Waals surface area (Å²) in [6.45, 7) is 3.68. The molecule has 6 unspecified atom stereocenters. The highest BCUT2D eigenvalue weighted by molar-refractivity contribution is 5.73. The van der Waals surface area contributed by atoms with E-state index in [0.717, 1.165) is 77.0 Å². The Morgan fingerprint density at radius 1 is 0.485 bits per heavy atom. The second-order valence-electron chi connectivity index (χ2n) is 17.6. The topological polar surface area (TPSA) is 169 Å². The third kappa shape index (κ3) is 34.9. The molecule has 11 heteroatoms. The lowest BCUT2D eigenvalue weighted by molar-refractivity contribution is -0.298. The molecule has 1 aliphatic heterocycles. The molecule has 4 N–H and O–H groups in total. The van der Waals surface area contributed by atoms with Gasteiger partial charge in [-0.05, 0) is 83.5 Å². The second kappa shape index (κ2) is 44.2. The van der Waals surface area contributed by atoms with Gasteiger partial charge in [0, 0.05) is 12.8 Å². The first kappa shape index (κ1) is 60.7. The van der Waals surface area contributed by atoms with Crippen molar-refractivity contribution in [2.24, 2.45) is 0 Å². The number of allylic oxidation sites excluding steroid dienone is 12. The highest BCUT2D eigenvalue weighted by Crippen LogP contribution is 2.23. The van der Waals surface area contributed by atoms with Gasteiger partial charge in [-0.1, -0.05) is 183 Å². The summed E-state index contributed by atoms with van der Waals surface area (Å²) in [6, 6.07) is 0. The van der Waals surface area contributed by atoms with Crippen molar-refractivity contribution in [2.45, 2.75) is 243 Å². The van der Waals surface area contributed by atoms with Gasteiger partial charge in [-0.15, -0.1) is 0 Å². The molecule has 6 atom stereocenters. The van der Waals surface area contributed by atoms with Crippen LogP contribution in [0.2, 0.25) is 0 Å². The molecule has 1 aliphatic rings. The van der Waals surface area contributed by atoms with Crippen LogP contribution in [0.25, 0.3) is 0 Å². The van der Waals surface area contributed by atoms with E-state index in [1.165, 1.54) is 89.9 Å².